The number of halogens is 2. The maximum atomic E-state index is 14.5. The van der Waals surface area contributed by atoms with Crippen molar-refractivity contribution in [2.75, 3.05) is 36.5 Å². The number of hydrogen-bond donors (Lipinski definition) is 2. The largest absolute Gasteiger partial charge is 0.481 e. The summed E-state index contributed by atoms with van der Waals surface area (Å²) in [5.74, 6) is -2.90. The number of anilines is 2. The van der Waals surface area contributed by atoms with Crippen molar-refractivity contribution in [3.63, 3.8) is 0 Å². The second-order valence-corrected chi connectivity index (χ2v) is 8.97. The number of carbonyl (C=O) groups is 1. The molecule has 1 spiro atoms. The SMILES string of the molecule is CN[C@@H]1CN(c2nc(N3CC4(CC(C(=O)O)C4)C3)c3c(n2)C(F)(F)CC3)[C@H]1C. The Labute approximate surface area is 162 Å². The van der Waals surface area contributed by atoms with Gasteiger partial charge in [-0.3, -0.25) is 4.79 Å². The lowest BCUT2D eigenvalue weighted by Crippen LogP contribution is -2.65. The van der Waals surface area contributed by atoms with Gasteiger partial charge < -0.3 is 20.2 Å². The highest BCUT2D eigenvalue weighted by Gasteiger charge is 2.56. The van der Waals surface area contributed by atoms with E-state index in [1.807, 2.05) is 23.8 Å². The molecular weight excluding hydrogens is 368 g/mol. The van der Waals surface area contributed by atoms with Crippen molar-refractivity contribution in [2.45, 2.75) is 50.6 Å². The molecule has 5 rings (SSSR count). The van der Waals surface area contributed by atoms with E-state index in [9.17, 15) is 13.6 Å². The summed E-state index contributed by atoms with van der Waals surface area (Å²) in [4.78, 5) is 24.1. The molecule has 1 aromatic heterocycles. The van der Waals surface area contributed by atoms with E-state index in [1.165, 1.54) is 0 Å². The summed E-state index contributed by atoms with van der Waals surface area (Å²) < 4.78 is 28.9. The number of nitrogens with zero attached hydrogens (tertiary/aromatic N) is 4. The van der Waals surface area contributed by atoms with E-state index in [0.717, 1.165) is 0 Å². The number of nitrogens with one attached hydrogen (secondary N) is 1. The smallest absolute Gasteiger partial charge is 0.306 e. The minimum Gasteiger partial charge on any atom is -0.481 e. The molecule has 2 N–H and O–H groups in total. The molecule has 0 aromatic carbocycles. The maximum absolute atomic E-state index is 14.5. The van der Waals surface area contributed by atoms with Gasteiger partial charge in [0, 0.05) is 49.1 Å². The fraction of sp³-hybridized carbons (Fsp3) is 0.737. The van der Waals surface area contributed by atoms with E-state index in [-0.39, 0.29) is 35.9 Å². The van der Waals surface area contributed by atoms with Gasteiger partial charge in [0.2, 0.25) is 5.95 Å². The van der Waals surface area contributed by atoms with Crippen LogP contribution in [-0.2, 0) is 17.1 Å². The topological polar surface area (TPSA) is 81.6 Å². The van der Waals surface area contributed by atoms with E-state index in [1.54, 1.807) is 0 Å². The molecule has 3 fully saturated rings. The number of rotatable bonds is 4. The first-order valence-corrected chi connectivity index (χ1v) is 9.94. The zero-order valence-corrected chi connectivity index (χ0v) is 16.1. The number of aromatic nitrogens is 2. The highest BCUT2D eigenvalue weighted by Crippen LogP contribution is 2.54. The van der Waals surface area contributed by atoms with E-state index >= 15 is 0 Å². The lowest BCUT2D eigenvalue weighted by Gasteiger charge is -2.58. The van der Waals surface area contributed by atoms with Crippen molar-refractivity contribution in [3.8, 4) is 0 Å². The van der Waals surface area contributed by atoms with Crippen LogP contribution >= 0.6 is 0 Å². The molecule has 2 atom stereocenters. The first kappa shape index (κ1) is 18.0. The van der Waals surface area contributed by atoms with Gasteiger partial charge in [0.1, 0.15) is 11.5 Å². The van der Waals surface area contributed by atoms with Crippen LogP contribution in [0.25, 0.3) is 0 Å². The highest BCUT2D eigenvalue weighted by atomic mass is 19.3. The monoisotopic (exact) mass is 393 g/mol. The Bertz CT molecular complexity index is 834. The molecule has 2 aliphatic heterocycles. The van der Waals surface area contributed by atoms with Crippen LogP contribution in [0.3, 0.4) is 0 Å². The standard InChI is InChI=1S/C19H25F2N5O2/c1-10-13(22-2)7-26(10)17-23-14-12(3-4-19(14,20)21)15(24-17)25-8-18(9-25)5-11(6-18)16(27)28/h10-11,13,22H,3-9H2,1-2H3,(H,27,28)/t10-,13+/m0/s1. The summed E-state index contributed by atoms with van der Waals surface area (Å²) >= 11 is 0. The molecule has 0 unspecified atom stereocenters. The van der Waals surface area contributed by atoms with Gasteiger partial charge in [-0.25, -0.2) is 4.98 Å². The fourth-order valence-electron chi connectivity index (χ4n) is 5.32. The van der Waals surface area contributed by atoms with Crippen molar-refractivity contribution in [3.05, 3.63) is 11.3 Å². The molecule has 2 aliphatic carbocycles. The Morgan fingerprint density at radius 2 is 2.00 bits per heavy atom. The molecule has 3 heterocycles. The molecule has 1 aromatic rings. The highest BCUT2D eigenvalue weighted by molar-refractivity contribution is 5.72. The summed E-state index contributed by atoms with van der Waals surface area (Å²) in [6.45, 7) is 4.13. The third-order valence-corrected chi connectivity index (χ3v) is 7.16. The van der Waals surface area contributed by atoms with Crippen LogP contribution < -0.4 is 15.1 Å². The summed E-state index contributed by atoms with van der Waals surface area (Å²) in [6, 6.07) is 0.452. The molecule has 0 bridgehead atoms. The second kappa shape index (κ2) is 5.75. The number of fused-ring (bicyclic) bond motifs is 1. The molecule has 0 radical (unpaired) electrons. The average molecular weight is 393 g/mol. The van der Waals surface area contributed by atoms with Crippen molar-refractivity contribution >= 4 is 17.7 Å². The lowest BCUT2D eigenvalue weighted by atomic mass is 9.57. The average Bonchev–Trinajstić information content (AvgIpc) is 2.86. The molecule has 4 aliphatic rings. The van der Waals surface area contributed by atoms with Crippen molar-refractivity contribution in [2.24, 2.45) is 11.3 Å². The number of likely N-dealkylation sites (N-methyl/N-ethyl adjacent to an activating group) is 1. The Morgan fingerprint density at radius 3 is 2.61 bits per heavy atom. The summed E-state index contributed by atoms with van der Waals surface area (Å²) in [5, 5.41) is 12.3. The van der Waals surface area contributed by atoms with Gasteiger partial charge in [-0.15, -0.1) is 0 Å². The number of aliphatic carboxylic acids is 1. The minimum absolute atomic E-state index is 0.0173. The zero-order chi connectivity index (χ0) is 19.8. The molecule has 7 nitrogen and oxygen atoms in total. The third-order valence-electron chi connectivity index (χ3n) is 7.16. The van der Waals surface area contributed by atoms with Crippen molar-refractivity contribution in [1.29, 1.82) is 0 Å². The van der Waals surface area contributed by atoms with E-state index in [0.29, 0.717) is 55.8 Å². The summed E-state index contributed by atoms with van der Waals surface area (Å²) in [5.41, 5.74) is 0.463. The van der Waals surface area contributed by atoms with E-state index < -0.39 is 11.9 Å². The Morgan fingerprint density at radius 1 is 1.29 bits per heavy atom. The number of carboxylic acids is 1. The molecule has 0 amide bonds. The van der Waals surface area contributed by atoms with Crippen LogP contribution in [0, 0.1) is 11.3 Å². The minimum atomic E-state index is -2.91. The Kier molecular flexibility index (Phi) is 3.70. The van der Waals surface area contributed by atoms with Gasteiger partial charge in [-0.2, -0.15) is 13.8 Å². The second-order valence-electron chi connectivity index (χ2n) is 8.97. The van der Waals surface area contributed by atoms with Gasteiger partial charge in [0.25, 0.3) is 5.92 Å². The summed E-state index contributed by atoms with van der Waals surface area (Å²) in [6.07, 6.45) is 1.40. The zero-order valence-electron chi connectivity index (χ0n) is 16.1. The molecular formula is C19H25F2N5O2. The van der Waals surface area contributed by atoms with Crippen LogP contribution in [0.4, 0.5) is 20.5 Å². The van der Waals surface area contributed by atoms with Crippen LogP contribution in [0.15, 0.2) is 0 Å². The summed E-state index contributed by atoms with van der Waals surface area (Å²) in [7, 11) is 1.89. The van der Waals surface area contributed by atoms with Crippen LogP contribution in [-0.4, -0.2) is 59.8 Å². The quantitative estimate of drug-likeness (QED) is 0.804. The van der Waals surface area contributed by atoms with Gasteiger partial charge in [0.05, 0.1) is 5.92 Å². The van der Waals surface area contributed by atoms with Gasteiger partial charge >= 0.3 is 5.97 Å². The third kappa shape index (κ3) is 2.44. The van der Waals surface area contributed by atoms with E-state index in [2.05, 4.69) is 10.3 Å². The van der Waals surface area contributed by atoms with Gasteiger partial charge in [0.15, 0.2) is 0 Å². The number of hydrogen-bond acceptors (Lipinski definition) is 6. The van der Waals surface area contributed by atoms with Crippen LogP contribution in [0.5, 0.6) is 0 Å². The first-order chi connectivity index (χ1) is 13.2. The molecule has 9 heteroatoms. The number of carboxylic acid groups (broad SMARTS) is 1. The van der Waals surface area contributed by atoms with Gasteiger partial charge in [-0.1, -0.05) is 0 Å². The Hall–Kier alpha value is -2.03. The van der Waals surface area contributed by atoms with Crippen molar-refractivity contribution in [1.82, 2.24) is 15.3 Å². The Balaban J connectivity index is 1.42. The van der Waals surface area contributed by atoms with Gasteiger partial charge in [-0.05, 0) is 33.2 Å². The number of alkyl halides is 2. The van der Waals surface area contributed by atoms with E-state index in [4.69, 9.17) is 10.1 Å². The fourth-order valence-corrected chi connectivity index (χ4v) is 5.32. The van der Waals surface area contributed by atoms with Crippen LogP contribution in [0.1, 0.15) is 37.4 Å². The normalized spacial score (nSPS) is 29.9. The molecule has 152 valence electrons. The first-order valence-electron chi connectivity index (χ1n) is 9.94. The lowest BCUT2D eigenvalue weighted by molar-refractivity contribution is -0.151. The predicted molar refractivity (Wildman–Crippen MR) is 98.9 cm³/mol. The van der Waals surface area contributed by atoms with Crippen molar-refractivity contribution < 1.29 is 18.7 Å². The predicted octanol–water partition coefficient (Wildman–Crippen LogP) is 1.61. The maximum Gasteiger partial charge on any atom is 0.306 e. The van der Waals surface area contributed by atoms with Crippen LogP contribution in [0.2, 0.25) is 0 Å². The molecule has 28 heavy (non-hydrogen) atoms. The molecule has 1 saturated carbocycles. The molecule has 2 saturated heterocycles.